The van der Waals surface area contributed by atoms with E-state index in [4.69, 9.17) is 5.84 Å². The van der Waals surface area contributed by atoms with Gasteiger partial charge in [-0.2, -0.15) is 0 Å². The van der Waals surface area contributed by atoms with E-state index in [0.717, 1.165) is 17.3 Å². The second-order valence-corrected chi connectivity index (χ2v) is 5.70. The third kappa shape index (κ3) is 4.16. The molecule has 2 nitrogen and oxygen atoms in total. The molecule has 1 atom stereocenters. The molecule has 0 spiro atoms. The van der Waals surface area contributed by atoms with Crippen LogP contribution in [-0.2, 0) is 12.8 Å². The average molecular weight is 319 g/mol. The Morgan fingerprint density at radius 3 is 2.37 bits per heavy atom. The summed E-state index contributed by atoms with van der Waals surface area (Å²) in [5, 5.41) is 0. The fourth-order valence-electron chi connectivity index (χ4n) is 2.13. The predicted molar refractivity (Wildman–Crippen MR) is 83.8 cm³/mol. The highest BCUT2D eigenvalue weighted by Crippen LogP contribution is 2.18. The summed E-state index contributed by atoms with van der Waals surface area (Å²) in [4.78, 5) is 0. The maximum atomic E-state index is 5.68. The van der Waals surface area contributed by atoms with Crippen LogP contribution in [-0.4, -0.2) is 6.04 Å². The molecular weight excluding hydrogens is 300 g/mol. The minimum atomic E-state index is 0.237. The van der Waals surface area contributed by atoms with Crippen molar-refractivity contribution in [2.45, 2.75) is 25.8 Å². The molecule has 2 aromatic carbocycles. The van der Waals surface area contributed by atoms with Crippen molar-refractivity contribution in [3.63, 3.8) is 0 Å². The summed E-state index contributed by atoms with van der Waals surface area (Å²) in [5.41, 5.74) is 6.79. The summed E-state index contributed by atoms with van der Waals surface area (Å²) in [6.45, 7) is 2.10. The highest BCUT2D eigenvalue weighted by Gasteiger charge is 2.10. The van der Waals surface area contributed by atoms with E-state index in [9.17, 15) is 0 Å². The quantitative estimate of drug-likeness (QED) is 0.655. The molecule has 0 aliphatic rings. The summed E-state index contributed by atoms with van der Waals surface area (Å²) < 4.78 is 1.14. The van der Waals surface area contributed by atoms with Gasteiger partial charge < -0.3 is 0 Å². The minimum Gasteiger partial charge on any atom is -0.271 e. The smallest absolute Gasteiger partial charge is 0.0291 e. The van der Waals surface area contributed by atoms with Gasteiger partial charge in [0.25, 0.3) is 0 Å². The Bertz CT molecular complexity index is 523. The largest absolute Gasteiger partial charge is 0.271 e. The van der Waals surface area contributed by atoms with E-state index in [-0.39, 0.29) is 6.04 Å². The molecule has 1 unspecified atom stereocenters. The highest BCUT2D eigenvalue weighted by atomic mass is 79.9. The Labute approximate surface area is 123 Å². The van der Waals surface area contributed by atoms with Crippen LogP contribution in [0.4, 0.5) is 0 Å². The zero-order chi connectivity index (χ0) is 13.7. The third-order valence-electron chi connectivity index (χ3n) is 3.26. The molecular formula is C16H19BrN2. The summed E-state index contributed by atoms with van der Waals surface area (Å²) in [5.74, 6) is 5.68. The number of hydrogen-bond donors (Lipinski definition) is 2. The van der Waals surface area contributed by atoms with E-state index in [0.29, 0.717) is 0 Å². The number of hydrogen-bond acceptors (Lipinski definition) is 2. The Kier molecular flexibility index (Phi) is 5.14. The van der Waals surface area contributed by atoms with Gasteiger partial charge in [0.15, 0.2) is 0 Å². The van der Waals surface area contributed by atoms with E-state index >= 15 is 0 Å². The topological polar surface area (TPSA) is 38.0 Å². The van der Waals surface area contributed by atoms with Gasteiger partial charge in [-0.15, -0.1) is 0 Å². The molecule has 3 heteroatoms. The van der Waals surface area contributed by atoms with Gasteiger partial charge in [0.2, 0.25) is 0 Å². The monoisotopic (exact) mass is 318 g/mol. The lowest BCUT2D eigenvalue weighted by Gasteiger charge is -2.17. The van der Waals surface area contributed by atoms with Crippen molar-refractivity contribution in [3.8, 4) is 0 Å². The van der Waals surface area contributed by atoms with E-state index < -0.39 is 0 Å². The van der Waals surface area contributed by atoms with Crippen LogP contribution in [0.15, 0.2) is 53.0 Å². The van der Waals surface area contributed by atoms with Gasteiger partial charge >= 0.3 is 0 Å². The Hall–Kier alpha value is -1.16. The molecule has 3 N–H and O–H groups in total. The molecule has 0 saturated carbocycles. The van der Waals surface area contributed by atoms with Crippen LogP contribution < -0.4 is 11.3 Å². The van der Waals surface area contributed by atoms with Crippen molar-refractivity contribution < 1.29 is 0 Å². The first-order valence-corrected chi connectivity index (χ1v) is 7.23. The van der Waals surface area contributed by atoms with Crippen molar-refractivity contribution in [3.05, 3.63) is 69.7 Å². The number of nitrogens with one attached hydrogen (secondary N) is 1. The SMILES string of the molecule is Cc1ccc(CC(Cc2ccccc2Br)NN)cc1. The van der Waals surface area contributed by atoms with Gasteiger partial charge in [-0.1, -0.05) is 64.0 Å². The number of halogens is 1. The molecule has 100 valence electrons. The van der Waals surface area contributed by atoms with Crippen LogP contribution in [0, 0.1) is 6.92 Å². The van der Waals surface area contributed by atoms with Crippen molar-refractivity contribution in [1.82, 2.24) is 5.43 Å². The third-order valence-corrected chi connectivity index (χ3v) is 4.04. The molecule has 0 aliphatic carbocycles. The van der Waals surface area contributed by atoms with Gasteiger partial charge in [-0.3, -0.25) is 11.3 Å². The first-order valence-electron chi connectivity index (χ1n) is 6.44. The number of benzene rings is 2. The fraction of sp³-hybridized carbons (Fsp3) is 0.250. The van der Waals surface area contributed by atoms with Gasteiger partial charge in [-0.05, 0) is 37.0 Å². The molecule has 0 aromatic heterocycles. The number of hydrazine groups is 1. The van der Waals surface area contributed by atoms with Crippen molar-refractivity contribution >= 4 is 15.9 Å². The van der Waals surface area contributed by atoms with Crippen LogP contribution >= 0.6 is 15.9 Å². The summed E-state index contributed by atoms with van der Waals surface area (Å²) in [7, 11) is 0. The Balaban J connectivity index is 2.05. The normalized spacial score (nSPS) is 12.4. The predicted octanol–water partition coefficient (Wildman–Crippen LogP) is 3.37. The summed E-state index contributed by atoms with van der Waals surface area (Å²) in [6, 6.07) is 17.1. The second-order valence-electron chi connectivity index (χ2n) is 4.85. The van der Waals surface area contributed by atoms with Gasteiger partial charge in [0, 0.05) is 10.5 Å². The van der Waals surface area contributed by atoms with Gasteiger partial charge in [0.05, 0.1) is 0 Å². The lowest BCUT2D eigenvalue weighted by Crippen LogP contribution is -2.38. The van der Waals surface area contributed by atoms with Crippen molar-refractivity contribution in [1.29, 1.82) is 0 Å². The van der Waals surface area contributed by atoms with Crippen LogP contribution in [0.25, 0.3) is 0 Å². The highest BCUT2D eigenvalue weighted by molar-refractivity contribution is 9.10. The van der Waals surface area contributed by atoms with Crippen LogP contribution in [0.1, 0.15) is 16.7 Å². The fourth-order valence-corrected chi connectivity index (χ4v) is 2.57. The number of nitrogens with two attached hydrogens (primary N) is 1. The molecule has 0 aliphatic heterocycles. The Morgan fingerprint density at radius 1 is 1.05 bits per heavy atom. The summed E-state index contributed by atoms with van der Waals surface area (Å²) in [6.07, 6.45) is 1.84. The maximum Gasteiger partial charge on any atom is 0.0291 e. The first kappa shape index (κ1) is 14.3. The molecule has 19 heavy (non-hydrogen) atoms. The number of aryl methyl sites for hydroxylation is 1. The zero-order valence-electron chi connectivity index (χ0n) is 11.1. The average Bonchev–Trinajstić information content (AvgIpc) is 2.43. The van der Waals surface area contributed by atoms with E-state index in [2.05, 4.69) is 70.7 Å². The zero-order valence-corrected chi connectivity index (χ0v) is 12.7. The van der Waals surface area contributed by atoms with E-state index in [1.54, 1.807) is 0 Å². The first-order chi connectivity index (χ1) is 9.19. The van der Waals surface area contributed by atoms with Gasteiger partial charge in [-0.25, -0.2) is 0 Å². The molecule has 0 radical (unpaired) electrons. The molecule has 0 amide bonds. The minimum absolute atomic E-state index is 0.237. The maximum absolute atomic E-state index is 5.68. The number of rotatable bonds is 5. The molecule has 0 fully saturated rings. The molecule has 0 heterocycles. The standard InChI is InChI=1S/C16H19BrN2/c1-12-6-8-13(9-7-12)10-15(19-18)11-14-4-2-3-5-16(14)17/h2-9,15,19H,10-11,18H2,1H3. The van der Waals surface area contributed by atoms with Gasteiger partial charge in [0.1, 0.15) is 0 Å². The van der Waals surface area contributed by atoms with Crippen molar-refractivity contribution in [2.24, 2.45) is 5.84 Å². The molecule has 2 rings (SSSR count). The van der Waals surface area contributed by atoms with Crippen molar-refractivity contribution in [2.75, 3.05) is 0 Å². The van der Waals surface area contributed by atoms with E-state index in [1.165, 1.54) is 16.7 Å². The lowest BCUT2D eigenvalue weighted by atomic mass is 9.99. The van der Waals surface area contributed by atoms with E-state index in [1.807, 2.05) is 6.07 Å². The summed E-state index contributed by atoms with van der Waals surface area (Å²) >= 11 is 3.58. The lowest BCUT2D eigenvalue weighted by molar-refractivity contribution is 0.522. The Morgan fingerprint density at radius 2 is 1.74 bits per heavy atom. The van der Waals surface area contributed by atoms with Crippen LogP contribution in [0.3, 0.4) is 0 Å². The second kappa shape index (κ2) is 6.85. The van der Waals surface area contributed by atoms with Crippen LogP contribution in [0.5, 0.6) is 0 Å². The molecule has 2 aromatic rings. The molecule has 0 saturated heterocycles. The van der Waals surface area contributed by atoms with Crippen LogP contribution in [0.2, 0.25) is 0 Å². The molecule has 0 bridgehead atoms.